The lowest BCUT2D eigenvalue weighted by atomic mass is 10.1. The fourth-order valence-electron chi connectivity index (χ4n) is 4.18. The minimum absolute atomic E-state index is 0.145. The molecule has 0 bridgehead atoms. The second-order valence-corrected chi connectivity index (χ2v) is 8.97. The first-order chi connectivity index (χ1) is 15.2. The Kier molecular flexibility index (Phi) is 5.78. The number of nitrogens with zero attached hydrogens (tertiary/aromatic N) is 5. The molecule has 1 unspecified atom stereocenters. The molecule has 164 valence electrons. The highest BCUT2D eigenvalue weighted by molar-refractivity contribution is 8.02. The molecule has 1 saturated heterocycles. The van der Waals surface area contributed by atoms with Gasteiger partial charge in [0, 0.05) is 57.8 Å². The Morgan fingerprint density at radius 2 is 2.13 bits per heavy atom. The number of hydrogen-bond acceptors (Lipinski definition) is 8. The number of ether oxygens (including phenoxy) is 1. The molecule has 3 aromatic rings. The van der Waals surface area contributed by atoms with Crippen molar-refractivity contribution in [3.63, 3.8) is 0 Å². The van der Waals surface area contributed by atoms with Gasteiger partial charge in [0.1, 0.15) is 10.9 Å². The van der Waals surface area contributed by atoms with Crippen LogP contribution in [0.1, 0.15) is 30.2 Å². The van der Waals surface area contributed by atoms with Crippen LogP contribution >= 0.6 is 11.8 Å². The molecule has 0 spiro atoms. The topological polar surface area (TPSA) is 73.7 Å². The first-order valence-corrected chi connectivity index (χ1v) is 11.7. The Balaban J connectivity index is 1.56. The lowest BCUT2D eigenvalue weighted by Crippen LogP contribution is -2.31. The van der Waals surface area contributed by atoms with E-state index in [0.717, 1.165) is 42.0 Å². The molecule has 2 aliphatic heterocycles. The Morgan fingerprint density at radius 1 is 1.26 bits per heavy atom. The smallest absolute Gasteiger partial charge is 0.298 e. The number of nitrogens with one attached hydrogen (secondary N) is 1. The SMILES string of the molecule is COCCN(C)c1nc2cc(N3CCCCC3)c(N3C=CSC3c3cn[nH]c3)cc2o1. The van der Waals surface area contributed by atoms with Gasteiger partial charge in [0.25, 0.3) is 6.01 Å². The molecule has 1 fully saturated rings. The van der Waals surface area contributed by atoms with Crippen LogP contribution in [0.5, 0.6) is 0 Å². The van der Waals surface area contributed by atoms with Crippen molar-refractivity contribution in [2.45, 2.75) is 24.6 Å². The van der Waals surface area contributed by atoms with Crippen molar-refractivity contribution < 1.29 is 9.15 Å². The summed E-state index contributed by atoms with van der Waals surface area (Å²) < 4.78 is 11.4. The average molecular weight is 441 g/mol. The van der Waals surface area contributed by atoms with Gasteiger partial charge in [-0.05, 0) is 30.7 Å². The fourth-order valence-corrected chi connectivity index (χ4v) is 5.13. The van der Waals surface area contributed by atoms with Gasteiger partial charge in [-0.25, -0.2) is 0 Å². The quantitative estimate of drug-likeness (QED) is 0.581. The normalized spacial score (nSPS) is 19.0. The number of benzene rings is 1. The van der Waals surface area contributed by atoms with Crippen LogP contribution in [0.15, 0.2) is 40.6 Å². The molecule has 0 amide bonds. The number of hydrogen-bond donors (Lipinski definition) is 1. The number of H-pyrrole nitrogens is 1. The molecule has 4 heterocycles. The average Bonchev–Trinajstić information content (AvgIpc) is 3.56. The highest BCUT2D eigenvalue weighted by Crippen LogP contribution is 2.46. The number of oxazole rings is 1. The summed E-state index contributed by atoms with van der Waals surface area (Å²) in [6.07, 6.45) is 9.75. The van der Waals surface area contributed by atoms with Crippen molar-refractivity contribution in [2.24, 2.45) is 0 Å². The summed E-state index contributed by atoms with van der Waals surface area (Å²) in [6, 6.07) is 4.95. The second-order valence-electron chi connectivity index (χ2n) is 7.98. The summed E-state index contributed by atoms with van der Waals surface area (Å²) in [5.41, 5.74) is 5.19. The van der Waals surface area contributed by atoms with Gasteiger partial charge in [0.2, 0.25) is 0 Å². The van der Waals surface area contributed by atoms with Crippen molar-refractivity contribution >= 4 is 40.3 Å². The van der Waals surface area contributed by atoms with Crippen molar-refractivity contribution in [3.05, 3.63) is 41.7 Å². The number of fused-ring (bicyclic) bond motifs is 1. The van der Waals surface area contributed by atoms with Gasteiger partial charge >= 0.3 is 0 Å². The van der Waals surface area contributed by atoms with Gasteiger partial charge in [0.15, 0.2) is 5.58 Å². The lowest BCUT2D eigenvalue weighted by Gasteiger charge is -2.34. The molecule has 2 aromatic heterocycles. The molecule has 5 rings (SSSR count). The lowest BCUT2D eigenvalue weighted by molar-refractivity contribution is 0.205. The Labute approximate surface area is 186 Å². The molecule has 9 heteroatoms. The molecule has 0 radical (unpaired) electrons. The van der Waals surface area contributed by atoms with Gasteiger partial charge in [-0.2, -0.15) is 10.1 Å². The summed E-state index contributed by atoms with van der Waals surface area (Å²) in [5, 5.41) is 9.39. The van der Waals surface area contributed by atoms with Gasteiger partial charge in [-0.1, -0.05) is 0 Å². The van der Waals surface area contributed by atoms with Crippen LogP contribution in [-0.4, -0.2) is 55.6 Å². The maximum Gasteiger partial charge on any atom is 0.298 e. The molecule has 2 aliphatic rings. The standard InChI is InChI=1S/C22H28N6O2S/c1-26(8-10-29-2)22-25-17-12-18(27-6-4-3-5-7-27)19(13-20(17)30-22)28-9-11-31-21(28)16-14-23-24-15-16/h9,11-15,21H,3-8,10H2,1-2H3,(H,23,24). The number of aromatic nitrogens is 3. The van der Waals surface area contributed by atoms with Crippen LogP contribution in [0.4, 0.5) is 17.4 Å². The molecule has 0 saturated carbocycles. The minimum atomic E-state index is 0.145. The third kappa shape index (κ3) is 3.99. The molecular weight excluding hydrogens is 412 g/mol. The predicted octanol–water partition coefficient (Wildman–Crippen LogP) is 4.35. The highest BCUT2D eigenvalue weighted by Gasteiger charge is 2.29. The Morgan fingerprint density at radius 3 is 2.90 bits per heavy atom. The number of likely N-dealkylation sites (N-methyl/N-ethyl adjacent to an activating group) is 1. The first kappa shape index (κ1) is 20.3. The number of aromatic amines is 1. The fraction of sp³-hybridized carbons (Fsp3) is 0.455. The maximum atomic E-state index is 6.16. The third-order valence-corrected chi connectivity index (χ3v) is 6.93. The van der Waals surface area contributed by atoms with Crippen molar-refractivity contribution in [3.8, 4) is 0 Å². The Bertz CT molecular complexity index is 1040. The third-order valence-electron chi connectivity index (χ3n) is 5.89. The van der Waals surface area contributed by atoms with E-state index < -0.39 is 0 Å². The van der Waals surface area contributed by atoms with E-state index >= 15 is 0 Å². The first-order valence-electron chi connectivity index (χ1n) is 10.7. The van der Waals surface area contributed by atoms with E-state index in [0.29, 0.717) is 12.6 Å². The summed E-state index contributed by atoms with van der Waals surface area (Å²) in [4.78, 5) is 11.6. The van der Waals surface area contributed by atoms with Gasteiger partial charge in [0.05, 0.1) is 24.2 Å². The number of methoxy groups -OCH3 is 1. The number of thioether (sulfide) groups is 1. The maximum absolute atomic E-state index is 6.16. The highest BCUT2D eigenvalue weighted by atomic mass is 32.2. The van der Waals surface area contributed by atoms with Gasteiger partial charge in [-0.3, -0.25) is 5.10 Å². The van der Waals surface area contributed by atoms with E-state index in [9.17, 15) is 0 Å². The summed E-state index contributed by atoms with van der Waals surface area (Å²) in [5.74, 6) is 0. The van der Waals surface area contributed by atoms with Crippen LogP contribution in [0.2, 0.25) is 0 Å². The van der Waals surface area contributed by atoms with Crippen molar-refractivity contribution in [2.75, 3.05) is 55.1 Å². The van der Waals surface area contributed by atoms with Gasteiger partial charge < -0.3 is 23.9 Å². The van der Waals surface area contributed by atoms with Crippen LogP contribution in [-0.2, 0) is 4.74 Å². The molecule has 1 N–H and O–H groups in total. The zero-order valence-corrected chi connectivity index (χ0v) is 18.8. The van der Waals surface area contributed by atoms with E-state index in [1.54, 1.807) is 18.9 Å². The second kappa shape index (κ2) is 8.84. The van der Waals surface area contributed by atoms with E-state index in [2.05, 4.69) is 43.7 Å². The predicted molar refractivity (Wildman–Crippen MR) is 126 cm³/mol. The zero-order valence-electron chi connectivity index (χ0n) is 18.0. The van der Waals surface area contributed by atoms with Crippen LogP contribution in [0.3, 0.4) is 0 Å². The summed E-state index contributed by atoms with van der Waals surface area (Å²) in [6.45, 7) is 3.49. The van der Waals surface area contributed by atoms with E-state index in [1.807, 2.05) is 24.3 Å². The summed E-state index contributed by atoms with van der Waals surface area (Å²) in [7, 11) is 3.68. The summed E-state index contributed by atoms with van der Waals surface area (Å²) >= 11 is 1.78. The van der Waals surface area contributed by atoms with Crippen LogP contribution in [0.25, 0.3) is 11.1 Å². The number of rotatable bonds is 7. The molecule has 1 aromatic carbocycles. The van der Waals surface area contributed by atoms with E-state index in [1.165, 1.54) is 24.9 Å². The molecule has 1 atom stereocenters. The minimum Gasteiger partial charge on any atom is -0.423 e. The number of piperidine rings is 1. The zero-order chi connectivity index (χ0) is 21.2. The molecule has 8 nitrogen and oxygen atoms in total. The Hall–Kier alpha value is -2.65. The largest absolute Gasteiger partial charge is 0.423 e. The molecular formula is C22H28N6O2S. The van der Waals surface area contributed by atoms with Crippen LogP contribution < -0.4 is 14.7 Å². The molecule has 0 aliphatic carbocycles. The van der Waals surface area contributed by atoms with E-state index in [4.69, 9.17) is 14.1 Å². The monoisotopic (exact) mass is 440 g/mol. The number of anilines is 3. The molecule has 31 heavy (non-hydrogen) atoms. The van der Waals surface area contributed by atoms with Crippen LogP contribution in [0, 0.1) is 0 Å². The van der Waals surface area contributed by atoms with Crippen molar-refractivity contribution in [1.82, 2.24) is 15.2 Å². The van der Waals surface area contributed by atoms with Crippen molar-refractivity contribution in [1.29, 1.82) is 0 Å². The van der Waals surface area contributed by atoms with E-state index in [-0.39, 0.29) is 5.37 Å². The van der Waals surface area contributed by atoms with Gasteiger partial charge in [-0.15, -0.1) is 11.8 Å².